The maximum absolute atomic E-state index is 13.7. The zero-order valence-electron chi connectivity index (χ0n) is 9.99. The first-order valence-corrected chi connectivity index (χ1v) is 5.51. The highest BCUT2D eigenvalue weighted by Crippen LogP contribution is 2.33. The van der Waals surface area contributed by atoms with E-state index in [2.05, 4.69) is 4.98 Å². The lowest BCUT2D eigenvalue weighted by Gasteiger charge is -2.10. The van der Waals surface area contributed by atoms with E-state index in [9.17, 15) is 17.6 Å². The lowest BCUT2D eigenvalue weighted by Crippen LogP contribution is -2.05. The number of alkyl halides is 3. The number of halogens is 4. The van der Waals surface area contributed by atoms with Crippen molar-refractivity contribution in [2.24, 2.45) is 0 Å². The molecule has 0 unspecified atom stereocenters. The van der Waals surface area contributed by atoms with Gasteiger partial charge < -0.3 is 9.84 Å². The molecule has 2 aromatic rings. The Hall–Kier alpha value is -2.15. The van der Waals surface area contributed by atoms with E-state index in [0.29, 0.717) is 0 Å². The monoisotopic (exact) mass is 287 g/mol. The summed E-state index contributed by atoms with van der Waals surface area (Å²) in [6, 6.07) is 5.26. The Morgan fingerprint density at radius 2 is 1.95 bits per heavy atom. The van der Waals surface area contributed by atoms with Crippen molar-refractivity contribution in [3.05, 3.63) is 53.5 Å². The second kappa shape index (κ2) is 5.46. The van der Waals surface area contributed by atoms with Crippen LogP contribution in [-0.2, 0) is 12.8 Å². The number of nitrogens with zero attached hydrogens (tertiary/aromatic N) is 1. The van der Waals surface area contributed by atoms with E-state index in [0.717, 1.165) is 18.2 Å². The summed E-state index contributed by atoms with van der Waals surface area (Å²) in [6.07, 6.45) is -3.32. The fraction of sp³-hybridized carbons (Fsp3) is 0.154. The van der Waals surface area contributed by atoms with Gasteiger partial charge in [-0.25, -0.2) is 9.37 Å². The van der Waals surface area contributed by atoms with E-state index in [4.69, 9.17) is 9.84 Å². The highest BCUT2D eigenvalue weighted by molar-refractivity contribution is 5.34. The summed E-state index contributed by atoms with van der Waals surface area (Å²) in [7, 11) is 0. The van der Waals surface area contributed by atoms with Crippen LogP contribution in [0.3, 0.4) is 0 Å². The smallest absolute Gasteiger partial charge is 0.416 e. The Morgan fingerprint density at radius 3 is 2.60 bits per heavy atom. The van der Waals surface area contributed by atoms with Crippen molar-refractivity contribution < 1.29 is 27.4 Å². The summed E-state index contributed by atoms with van der Waals surface area (Å²) in [5.74, 6) is -1.59. The number of ether oxygens (including phenoxy) is 1. The number of aliphatic hydroxyl groups is 1. The highest BCUT2D eigenvalue weighted by Gasteiger charge is 2.30. The van der Waals surface area contributed by atoms with Crippen molar-refractivity contribution in [1.29, 1.82) is 0 Å². The molecule has 0 bridgehead atoms. The second-order valence-electron chi connectivity index (χ2n) is 3.87. The first-order valence-electron chi connectivity index (χ1n) is 5.51. The number of aliphatic hydroxyl groups excluding tert-OH is 1. The average Bonchev–Trinajstić information content (AvgIpc) is 2.40. The quantitative estimate of drug-likeness (QED) is 0.878. The SMILES string of the molecule is OCc1ccnc(Oc2cccc(C(F)(F)F)c2)c1F. The van der Waals surface area contributed by atoms with Crippen LogP contribution >= 0.6 is 0 Å². The van der Waals surface area contributed by atoms with Gasteiger partial charge in [0, 0.05) is 11.8 Å². The summed E-state index contributed by atoms with van der Waals surface area (Å²) >= 11 is 0. The summed E-state index contributed by atoms with van der Waals surface area (Å²) < 4.78 is 56.3. The van der Waals surface area contributed by atoms with E-state index < -0.39 is 30.0 Å². The molecule has 0 fully saturated rings. The average molecular weight is 287 g/mol. The van der Waals surface area contributed by atoms with Gasteiger partial charge in [0.25, 0.3) is 5.88 Å². The first kappa shape index (κ1) is 14.3. The molecule has 0 aliphatic rings. The van der Waals surface area contributed by atoms with Crippen LogP contribution in [0.4, 0.5) is 17.6 Å². The molecule has 1 aromatic heterocycles. The Balaban J connectivity index is 2.31. The molecule has 1 N–H and O–H groups in total. The van der Waals surface area contributed by atoms with Gasteiger partial charge in [0.2, 0.25) is 0 Å². The van der Waals surface area contributed by atoms with E-state index in [-0.39, 0.29) is 11.3 Å². The van der Waals surface area contributed by atoms with Gasteiger partial charge in [0.05, 0.1) is 12.2 Å². The van der Waals surface area contributed by atoms with Crippen LogP contribution in [0.1, 0.15) is 11.1 Å². The summed E-state index contributed by atoms with van der Waals surface area (Å²) in [5.41, 5.74) is -0.962. The van der Waals surface area contributed by atoms with Gasteiger partial charge in [-0.1, -0.05) is 6.07 Å². The van der Waals surface area contributed by atoms with Crippen LogP contribution in [0, 0.1) is 5.82 Å². The molecule has 0 radical (unpaired) electrons. The molecule has 1 heterocycles. The van der Waals surface area contributed by atoms with Gasteiger partial charge in [0.15, 0.2) is 5.82 Å². The molecule has 1 aromatic carbocycles. The van der Waals surface area contributed by atoms with Gasteiger partial charge in [-0.15, -0.1) is 0 Å². The van der Waals surface area contributed by atoms with Gasteiger partial charge in [-0.3, -0.25) is 0 Å². The first-order chi connectivity index (χ1) is 9.41. The molecule has 0 saturated heterocycles. The molecule has 0 saturated carbocycles. The fourth-order valence-electron chi connectivity index (χ4n) is 1.50. The minimum Gasteiger partial charge on any atom is -0.436 e. The number of rotatable bonds is 3. The van der Waals surface area contributed by atoms with E-state index >= 15 is 0 Å². The van der Waals surface area contributed by atoms with Crippen molar-refractivity contribution >= 4 is 0 Å². The third kappa shape index (κ3) is 3.05. The third-order valence-electron chi connectivity index (χ3n) is 2.48. The fourth-order valence-corrected chi connectivity index (χ4v) is 1.50. The molecule has 20 heavy (non-hydrogen) atoms. The van der Waals surface area contributed by atoms with Crippen molar-refractivity contribution in [3.8, 4) is 11.6 Å². The molecular weight excluding hydrogens is 278 g/mol. The minimum absolute atomic E-state index is 0.0537. The standard InChI is InChI=1S/C13H9F4NO2/c14-11-8(7-19)4-5-18-12(11)20-10-3-1-2-9(6-10)13(15,16)17/h1-6,19H,7H2. The molecular formula is C13H9F4NO2. The minimum atomic E-state index is -4.52. The third-order valence-corrected chi connectivity index (χ3v) is 2.48. The van der Waals surface area contributed by atoms with E-state index in [1.165, 1.54) is 18.3 Å². The molecule has 106 valence electrons. The van der Waals surface area contributed by atoms with Crippen LogP contribution in [-0.4, -0.2) is 10.1 Å². The zero-order chi connectivity index (χ0) is 14.8. The Morgan fingerprint density at radius 1 is 1.20 bits per heavy atom. The predicted molar refractivity (Wildman–Crippen MR) is 61.6 cm³/mol. The van der Waals surface area contributed by atoms with Crippen molar-refractivity contribution in [1.82, 2.24) is 4.98 Å². The summed E-state index contributed by atoms with van der Waals surface area (Å²) in [4.78, 5) is 3.58. The molecule has 0 atom stereocenters. The van der Waals surface area contributed by atoms with E-state index in [1.807, 2.05) is 0 Å². The highest BCUT2D eigenvalue weighted by atomic mass is 19.4. The molecule has 3 nitrogen and oxygen atoms in total. The number of hydrogen-bond donors (Lipinski definition) is 1. The number of aromatic nitrogens is 1. The topological polar surface area (TPSA) is 42.4 Å². The summed E-state index contributed by atoms with van der Waals surface area (Å²) in [6.45, 7) is -0.562. The molecule has 0 aliphatic heterocycles. The lowest BCUT2D eigenvalue weighted by atomic mass is 10.2. The van der Waals surface area contributed by atoms with Crippen LogP contribution < -0.4 is 4.74 Å². The van der Waals surface area contributed by atoms with Gasteiger partial charge >= 0.3 is 6.18 Å². The molecule has 0 amide bonds. The molecule has 0 aliphatic carbocycles. The van der Waals surface area contributed by atoms with Gasteiger partial charge in [0.1, 0.15) is 5.75 Å². The molecule has 7 heteroatoms. The van der Waals surface area contributed by atoms with Crippen LogP contribution in [0.5, 0.6) is 11.6 Å². The number of pyridine rings is 1. The largest absolute Gasteiger partial charge is 0.436 e. The lowest BCUT2D eigenvalue weighted by molar-refractivity contribution is -0.137. The van der Waals surface area contributed by atoms with Crippen molar-refractivity contribution in [2.45, 2.75) is 12.8 Å². The Labute approximate surface area is 111 Å². The van der Waals surface area contributed by atoms with Crippen LogP contribution in [0.2, 0.25) is 0 Å². The maximum Gasteiger partial charge on any atom is 0.416 e. The second-order valence-corrected chi connectivity index (χ2v) is 3.87. The number of benzene rings is 1. The molecule has 2 rings (SSSR count). The van der Waals surface area contributed by atoms with E-state index in [1.54, 1.807) is 0 Å². The van der Waals surface area contributed by atoms with Crippen molar-refractivity contribution in [3.63, 3.8) is 0 Å². The normalized spacial score (nSPS) is 11.4. The van der Waals surface area contributed by atoms with Crippen molar-refractivity contribution in [2.75, 3.05) is 0 Å². The molecule has 0 spiro atoms. The zero-order valence-corrected chi connectivity index (χ0v) is 9.99. The Bertz CT molecular complexity index is 614. The predicted octanol–water partition coefficient (Wildman–Crippen LogP) is 3.52. The van der Waals surface area contributed by atoms with Crippen LogP contribution in [0.25, 0.3) is 0 Å². The van der Waals surface area contributed by atoms with Gasteiger partial charge in [-0.2, -0.15) is 13.2 Å². The number of hydrogen-bond acceptors (Lipinski definition) is 3. The van der Waals surface area contributed by atoms with Gasteiger partial charge in [-0.05, 0) is 24.3 Å². The maximum atomic E-state index is 13.7. The summed E-state index contributed by atoms with van der Waals surface area (Å²) in [5, 5.41) is 8.89. The Kier molecular flexibility index (Phi) is 3.89. The van der Waals surface area contributed by atoms with Crippen LogP contribution in [0.15, 0.2) is 36.5 Å².